The van der Waals surface area contributed by atoms with Crippen LogP contribution in [0.5, 0.6) is 0 Å². The molecule has 0 radical (unpaired) electrons. The van der Waals surface area contributed by atoms with Crippen molar-refractivity contribution < 1.29 is 14.7 Å². The number of benzene rings is 1. The fraction of sp³-hybridized carbons (Fsp3) is 0.500. The van der Waals surface area contributed by atoms with E-state index in [1.807, 2.05) is 12.1 Å². The molecule has 7 nitrogen and oxygen atoms in total. The number of halogens is 1. The van der Waals surface area contributed by atoms with E-state index in [0.717, 1.165) is 24.8 Å². The molecule has 1 N–H and O–H groups in total. The highest BCUT2D eigenvalue weighted by Gasteiger charge is 2.25. The SMILES string of the molecule is CCCCCc1nc(-c2ccc(Cl)cc2)cc(=O)n1CC(=O)N1CCC(CC(=O)O)CC1. The molecule has 1 aliphatic heterocycles. The summed E-state index contributed by atoms with van der Waals surface area (Å²) in [5, 5.41) is 9.59. The molecule has 1 fully saturated rings. The summed E-state index contributed by atoms with van der Waals surface area (Å²) in [7, 11) is 0. The molecule has 1 amide bonds. The van der Waals surface area contributed by atoms with E-state index in [1.54, 1.807) is 17.0 Å². The van der Waals surface area contributed by atoms with Crippen LogP contribution >= 0.6 is 11.6 Å². The number of aromatic nitrogens is 2. The maximum absolute atomic E-state index is 13.0. The van der Waals surface area contributed by atoms with Crippen molar-refractivity contribution in [2.75, 3.05) is 13.1 Å². The number of carboxylic acid groups (broad SMARTS) is 1. The van der Waals surface area contributed by atoms with Gasteiger partial charge in [0, 0.05) is 42.6 Å². The quantitative estimate of drug-likeness (QED) is 0.572. The van der Waals surface area contributed by atoms with Gasteiger partial charge < -0.3 is 10.0 Å². The summed E-state index contributed by atoms with van der Waals surface area (Å²) in [6.07, 6.45) is 5.06. The third kappa shape index (κ3) is 6.42. The number of carboxylic acids is 1. The number of hydrogen-bond acceptors (Lipinski definition) is 4. The zero-order chi connectivity index (χ0) is 23.1. The van der Waals surface area contributed by atoms with Crippen LogP contribution in [0.3, 0.4) is 0 Å². The van der Waals surface area contributed by atoms with Crippen LogP contribution in [0.15, 0.2) is 35.1 Å². The third-order valence-corrected chi connectivity index (χ3v) is 6.21. The van der Waals surface area contributed by atoms with E-state index >= 15 is 0 Å². The minimum atomic E-state index is -0.801. The molecular weight excluding hydrogens is 430 g/mol. The molecule has 0 bridgehead atoms. The molecule has 0 saturated carbocycles. The van der Waals surface area contributed by atoms with Gasteiger partial charge in [-0.25, -0.2) is 4.98 Å². The van der Waals surface area contributed by atoms with Crippen LogP contribution in [-0.2, 0) is 22.6 Å². The van der Waals surface area contributed by atoms with Crippen molar-refractivity contribution >= 4 is 23.5 Å². The van der Waals surface area contributed by atoms with E-state index < -0.39 is 5.97 Å². The first-order chi connectivity index (χ1) is 15.4. The average Bonchev–Trinajstić information content (AvgIpc) is 2.76. The highest BCUT2D eigenvalue weighted by Crippen LogP contribution is 2.22. The Bertz CT molecular complexity index is 995. The topological polar surface area (TPSA) is 92.5 Å². The molecule has 1 aromatic carbocycles. The van der Waals surface area contributed by atoms with Crippen molar-refractivity contribution in [3.63, 3.8) is 0 Å². The average molecular weight is 460 g/mol. The van der Waals surface area contributed by atoms with Gasteiger partial charge in [0.1, 0.15) is 12.4 Å². The second kappa shape index (κ2) is 11.3. The lowest BCUT2D eigenvalue weighted by molar-refractivity contribution is -0.138. The van der Waals surface area contributed by atoms with Gasteiger partial charge in [0.2, 0.25) is 5.91 Å². The number of nitrogens with zero attached hydrogens (tertiary/aromatic N) is 3. The summed E-state index contributed by atoms with van der Waals surface area (Å²) < 4.78 is 1.49. The lowest BCUT2D eigenvalue weighted by atomic mass is 9.93. The van der Waals surface area contributed by atoms with Gasteiger partial charge in [-0.1, -0.05) is 43.5 Å². The zero-order valence-electron chi connectivity index (χ0n) is 18.4. The number of unbranched alkanes of at least 4 members (excludes halogenated alkanes) is 2. The molecule has 2 heterocycles. The van der Waals surface area contributed by atoms with Crippen molar-refractivity contribution in [2.45, 2.75) is 58.4 Å². The first-order valence-corrected chi connectivity index (χ1v) is 11.6. The van der Waals surface area contributed by atoms with Crippen LogP contribution in [-0.4, -0.2) is 44.5 Å². The van der Waals surface area contributed by atoms with Crippen LogP contribution in [0.1, 0.15) is 51.3 Å². The Labute approximate surface area is 193 Å². The Balaban J connectivity index is 1.78. The van der Waals surface area contributed by atoms with E-state index in [-0.39, 0.29) is 30.3 Å². The maximum atomic E-state index is 13.0. The number of aryl methyl sites for hydroxylation is 1. The fourth-order valence-corrected chi connectivity index (χ4v) is 4.21. The number of carbonyl (C=O) groups is 2. The number of hydrogen-bond donors (Lipinski definition) is 1. The summed E-state index contributed by atoms with van der Waals surface area (Å²) in [5.41, 5.74) is 1.14. The number of likely N-dealkylation sites (tertiary alicyclic amines) is 1. The van der Waals surface area contributed by atoms with Crippen molar-refractivity contribution in [3.05, 3.63) is 51.5 Å². The monoisotopic (exact) mass is 459 g/mol. The van der Waals surface area contributed by atoms with Crippen LogP contribution < -0.4 is 5.56 Å². The van der Waals surface area contributed by atoms with E-state index in [4.69, 9.17) is 21.7 Å². The number of amides is 1. The molecule has 1 aromatic heterocycles. The molecule has 1 aliphatic rings. The lowest BCUT2D eigenvalue weighted by Crippen LogP contribution is -2.42. The van der Waals surface area contributed by atoms with Crippen LogP contribution in [0.4, 0.5) is 0 Å². The van der Waals surface area contributed by atoms with Gasteiger partial charge in [-0.05, 0) is 37.3 Å². The molecular formula is C24H30ClN3O4. The normalized spacial score (nSPS) is 14.5. The van der Waals surface area contributed by atoms with Gasteiger partial charge in [0.25, 0.3) is 5.56 Å². The van der Waals surface area contributed by atoms with Crippen molar-refractivity contribution in [3.8, 4) is 11.3 Å². The van der Waals surface area contributed by atoms with Crippen LogP contribution in [0.2, 0.25) is 5.02 Å². The van der Waals surface area contributed by atoms with Crippen molar-refractivity contribution in [1.82, 2.24) is 14.5 Å². The largest absolute Gasteiger partial charge is 0.481 e. The zero-order valence-corrected chi connectivity index (χ0v) is 19.2. The Morgan fingerprint density at radius 3 is 2.47 bits per heavy atom. The first kappa shape index (κ1) is 24.0. The molecule has 0 aliphatic carbocycles. The van der Waals surface area contributed by atoms with Crippen LogP contribution in [0.25, 0.3) is 11.3 Å². The molecule has 0 spiro atoms. The first-order valence-electron chi connectivity index (χ1n) is 11.2. The van der Waals surface area contributed by atoms with Crippen LogP contribution in [0, 0.1) is 5.92 Å². The molecule has 2 aromatic rings. The van der Waals surface area contributed by atoms with Gasteiger partial charge in [0.05, 0.1) is 5.69 Å². The smallest absolute Gasteiger partial charge is 0.303 e. The Hall–Kier alpha value is -2.67. The van der Waals surface area contributed by atoms with E-state index in [9.17, 15) is 14.4 Å². The standard InChI is InChI=1S/C24H30ClN3O4/c1-2-3-4-5-21-26-20(18-6-8-19(25)9-7-18)15-22(29)28(21)16-23(30)27-12-10-17(11-13-27)14-24(31)32/h6-9,15,17H,2-5,10-14,16H2,1H3,(H,31,32). The van der Waals surface area contributed by atoms with Gasteiger partial charge in [-0.3, -0.25) is 19.0 Å². The molecule has 3 rings (SSSR count). The number of aliphatic carboxylic acids is 1. The van der Waals surface area contributed by atoms with Gasteiger partial charge in [0.15, 0.2) is 0 Å². The Morgan fingerprint density at radius 2 is 1.84 bits per heavy atom. The summed E-state index contributed by atoms with van der Waals surface area (Å²) in [6, 6.07) is 8.66. The van der Waals surface area contributed by atoms with E-state index in [1.165, 1.54) is 10.6 Å². The molecule has 32 heavy (non-hydrogen) atoms. The minimum absolute atomic E-state index is 0.0439. The Morgan fingerprint density at radius 1 is 1.16 bits per heavy atom. The Kier molecular flexibility index (Phi) is 8.45. The molecule has 0 atom stereocenters. The molecule has 8 heteroatoms. The maximum Gasteiger partial charge on any atom is 0.303 e. The highest BCUT2D eigenvalue weighted by molar-refractivity contribution is 6.30. The van der Waals surface area contributed by atoms with Crippen molar-refractivity contribution in [2.24, 2.45) is 5.92 Å². The molecule has 0 unspecified atom stereocenters. The predicted octanol–water partition coefficient (Wildman–Crippen LogP) is 4.01. The summed E-state index contributed by atoms with van der Waals surface area (Å²) in [6.45, 7) is 3.11. The third-order valence-electron chi connectivity index (χ3n) is 5.96. The van der Waals surface area contributed by atoms with Crippen molar-refractivity contribution in [1.29, 1.82) is 0 Å². The lowest BCUT2D eigenvalue weighted by Gasteiger charge is -2.31. The van der Waals surface area contributed by atoms with E-state index in [0.29, 0.717) is 48.9 Å². The molecule has 1 saturated heterocycles. The minimum Gasteiger partial charge on any atom is -0.481 e. The number of piperidine rings is 1. The van der Waals surface area contributed by atoms with Gasteiger partial charge >= 0.3 is 5.97 Å². The second-order valence-electron chi connectivity index (χ2n) is 8.37. The summed E-state index contributed by atoms with van der Waals surface area (Å²) in [5.74, 6) is -0.210. The predicted molar refractivity (Wildman–Crippen MR) is 124 cm³/mol. The number of carbonyl (C=O) groups excluding carboxylic acids is 1. The number of rotatable bonds is 9. The molecule has 172 valence electrons. The second-order valence-corrected chi connectivity index (χ2v) is 8.80. The summed E-state index contributed by atoms with van der Waals surface area (Å²) >= 11 is 5.98. The van der Waals surface area contributed by atoms with E-state index in [2.05, 4.69) is 6.92 Å². The summed E-state index contributed by atoms with van der Waals surface area (Å²) in [4.78, 5) is 43.3. The highest BCUT2D eigenvalue weighted by atomic mass is 35.5. The van der Waals surface area contributed by atoms with Gasteiger partial charge in [-0.2, -0.15) is 0 Å². The fourth-order valence-electron chi connectivity index (χ4n) is 4.08. The van der Waals surface area contributed by atoms with Gasteiger partial charge in [-0.15, -0.1) is 0 Å².